The molecule has 1 heterocycles. The van der Waals surface area contributed by atoms with Crippen LogP contribution in [0.25, 0.3) is 10.9 Å². The molecule has 3 rings (SSSR count). The van der Waals surface area contributed by atoms with E-state index in [1.54, 1.807) is 6.07 Å². The second-order valence-electron chi connectivity index (χ2n) is 5.93. The number of carbonyl (C=O) groups is 1. The number of fused-ring (bicyclic) bond motifs is 3. The molecule has 0 spiro atoms. The number of carbonyl (C=O) groups excluding carboxylic acids is 1. The van der Waals surface area contributed by atoms with Gasteiger partial charge in [0.05, 0.1) is 12.5 Å². The van der Waals surface area contributed by atoms with Crippen LogP contribution in [0.5, 0.6) is 0 Å². The average Bonchev–Trinajstić information content (AvgIpc) is 2.81. The number of ether oxygens (including phenoxy) is 1. The van der Waals surface area contributed by atoms with Crippen LogP contribution in [0.3, 0.4) is 0 Å². The highest BCUT2D eigenvalue weighted by molar-refractivity contribution is 5.87. The van der Waals surface area contributed by atoms with Gasteiger partial charge in [0.15, 0.2) is 0 Å². The third kappa shape index (κ3) is 2.51. The van der Waals surface area contributed by atoms with Crippen molar-refractivity contribution < 1.29 is 13.9 Å². The van der Waals surface area contributed by atoms with E-state index in [9.17, 15) is 9.18 Å². The Hall–Kier alpha value is -1.84. The van der Waals surface area contributed by atoms with E-state index in [2.05, 4.69) is 11.5 Å². The average molecular weight is 303 g/mol. The topological polar surface area (TPSA) is 31.2 Å². The Balaban J connectivity index is 2.05. The Bertz CT molecular complexity index is 705. The minimum Gasteiger partial charge on any atom is -0.466 e. The Morgan fingerprint density at radius 1 is 1.41 bits per heavy atom. The van der Waals surface area contributed by atoms with Gasteiger partial charge in [0, 0.05) is 23.1 Å². The molecule has 0 aliphatic heterocycles. The van der Waals surface area contributed by atoms with Gasteiger partial charge in [0.25, 0.3) is 0 Å². The van der Waals surface area contributed by atoms with E-state index in [1.165, 1.54) is 11.8 Å². The molecule has 1 aliphatic rings. The zero-order valence-electron chi connectivity index (χ0n) is 13.2. The van der Waals surface area contributed by atoms with Crippen molar-refractivity contribution in [3.63, 3.8) is 0 Å². The van der Waals surface area contributed by atoms with Gasteiger partial charge in [-0.25, -0.2) is 4.39 Å². The highest BCUT2D eigenvalue weighted by atomic mass is 19.1. The highest BCUT2D eigenvalue weighted by Gasteiger charge is 2.30. The number of halogens is 1. The Morgan fingerprint density at radius 3 is 2.95 bits per heavy atom. The number of esters is 1. The molecule has 1 aromatic carbocycles. The molecule has 0 amide bonds. The summed E-state index contributed by atoms with van der Waals surface area (Å²) in [6, 6.07) is 4.98. The van der Waals surface area contributed by atoms with E-state index in [4.69, 9.17) is 4.74 Å². The van der Waals surface area contributed by atoms with Crippen molar-refractivity contribution in [3.8, 4) is 0 Å². The van der Waals surface area contributed by atoms with E-state index < -0.39 is 0 Å². The zero-order chi connectivity index (χ0) is 15.7. The van der Waals surface area contributed by atoms with E-state index in [1.807, 2.05) is 13.0 Å². The lowest BCUT2D eigenvalue weighted by atomic mass is 9.86. The number of rotatable bonds is 4. The molecule has 1 aliphatic carbocycles. The molecule has 0 radical (unpaired) electrons. The predicted octanol–water partition coefficient (Wildman–Crippen LogP) is 3.86. The third-order valence-electron chi connectivity index (χ3n) is 4.50. The van der Waals surface area contributed by atoms with Gasteiger partial charge < -0.3 is 9.30 Å². The number of benzene rings is 1. The molecule has 0 saturated carbocycles. The van der Waals surface area contributed by atoms with Crippen molar-refractivity contribution in [1.82, 2.24) is 4.57 Å². The predicted molar refractivity (Wildman–Crippen MR) is 84.3 cm³/mol. The fraction of sp³-hybridized carbons (Fsp3) is 0.500. The second-order valence-corrected chi connectivity index (χ2v) is 5.93. The summed E-state index contributed by atoms with van der Waals surface area (Å²) in [6.07, 6.45) is 3.36. The first-order valence-corrected chi connectivity index (χ1v) is 8.11. The number of aromatic nitrogens is 1. The monoisotopic (exact) mass is 303 g/mol. The Labute approximate surface area is 130 Å². The van der Waals surface area contributed by atoms with E-state index in [0.717, 1.165) is 42.3 Å². The molecule has 4 heteroatoms. The molecule has 0 saturated heterocycles. The van der Waals surface area contributed by atoms with Gasteiger partial charge in [-0.15, -0.1) is 0 Å². The fourth-order valence-electron chi connectivity index (χ4n) is 3.56. The van der Waals surface area contributed by atoms with E-state index >= 15 is 0 Å². The molecule has 1 aromatic heterocycles. The van der Waals surface area contributed by atoms with Crippen molar-refractivity contribution in [2.75, 3.05) is 6.61 Å². The number of aryl methyl sites for hydroxylation is 1. The summed E-state index contributed by atoms with van der Waals surface area (Å²) in [4.78, 5) is 12.0. The Morgan fingerprint density at radius 2 is 2.23 bits per heavy atom. The summed E-state index contributed by atoms with van der Waals surface area (Å²) >= 11 is 0. The minimum atomic E-state index is -0.220. The summed E-state index contributed by atoms with van der Waals surface area (Å²) < 4.78 is 21.1. The summed E-state index contributed by atoms with van der Waals surface area (Å²) in [7, 11) is 0. The first kappa shape index (κ1) is 15.1. The lowest BCUT2D eigenvalue weighted by Gasteiger charge is -2.22. The molecule has 2 aromatic rings. The van der Waals surface area contributed by atoms with E-state index in [0.29, 0.717) is 13.0 Å². The Kier molecular flexibility index (Phi) is 4.19. The molecule has 0 fully saturated rings. The fourth-order valence-corrected chi connectivity index (χ4v) is 3.56. The van der Waals surface area contributed by atoms with Gasteiger partial charge in [-0.2, -0.15) is 0 Å². The van der Waals surface area contributed by atoms with Crippen LogP contribution in [0.15, 0.2) is 18.2 Å². The highest BCUT2D eigenvalue weighted by Crippen LogP contribution is 2.35. The van der Waals surface area contributed by atoms with Crippen molar-refractivity contribution in [2.24, 2.45) is 5.92 Å². The lowest BCUT2D eigenvalue weighted by molar-refractivity contribution is -0.148. The van der Waals surface area contributed by atoms with Gasteiger partial charge in [-0.1, -0.05) is 6.92 Å². The molecule has 0 N–H and O–H groups in total. The largest absolute Gasteiger partial charge is 0.466 e. The normalized spacial score (nSPS) is 17.5. The van der Waals surface area contributed by atoms with E-state index in [-0.39, 0.29) is 17.7 Å². The van der Waals surface area contributed by atoms with Crippen LogP contribution in [0.2, 0.25) is 0 Å². The third-order valence-corrected chi connectivity index (χ3v) is 4.50. The first-order valence-electron chi connectivity index (χ1n) is 8.11. The number of hydrogen-bond donors (Lipinski definition) is 0. The van der Waals surface area contributed by atoms with Crippen molar-refractivity contribution in [1.29, 1.82) is 0 Å². The lowest BCUT2D eigenvalue weighted by Crippen LogP contribution is -2.25. The molecule has 118 valence electrons. The second kappa shape index (κ2) is 6.11. The standard InChI is InChI=1S/C18H22FNO2/c1-3-9-20-16-7-5-12(18(21)22-4-2)10-14(16)15-11-13(19)6-8-17(15)20/h6,8,11-12H,3-5,7,9-10H2,1-2H3. The van der Waals surface area contributed by atoms with Gasteiger partial charge >= 0.3 is 5.97 Å². The molecule has 22 heavy (non-hydrogen) atoms. The van der Waals surface area contributed by atoms with Crippen LogP contribution in [0, 0.1) is 11.7 Å². The first-order chi connectivity index (χ1) is 10.7. The SMILES string of the molecule is CCCn1c2c(c3cc(F)ccc31)CC(C(=O)OCC)CC2. The van der Waals surface area contributed by atoms with Crippen LogP contribution in [-0.4, -0.2) is 17.1 Å². The van der Waals surface area contributed by atoms with Gasteiger partial charge in [-0.3, -0.25) is 4.79 Å². The smallest absolute Gasteiger partial charge is 0.309 e. The molecule has 1 unspecified atom stereocenters. The molecule has 0 bridgehead atoms. The summed E-state index contributed by atoms with van der Waals surface area (Å²) in [5, 5.41) is 0.956. The maximum Gasteiger partial charge on any atom is 0.309 e. The molecular weight excluding hydrogens is 281 g/mol. The maximum atomic E-state index is 13.7. The van der Waals surface area contributed by atoms with Crippen LogP contribution in [0.1, 0.15) is 37.9 Å². The van der Waals surface area contributed by atoms with Crippen LogP contribution in [-0.2, 0) is 28.9 Å². The van der Waals surface area contributed by atoms with Gasteiger partial charge in [0.1, 0.15) is 5.82 Å². The number of nitrogens with zero attached hydrogens (tertiary/aromatic N) is 1. The summed E-state index contributed by atoms with van der Waals surface area (Å²) in [6.45, 7) is 5.32. The molecule has 3 nitrogen and oxygen atoms in total. The number of hydrogen-bond acceptors (Lipinski definition) is 2. The van der Waals surface area contributed by atoms with Crippen molar-refractivity contribution >= 4 is 16.9 Å². The van der Waals surface area contributed by atoms with Crippen molar-refractivity contribution in [3.05, 3.63) is 35.3 Å². The quantitative estimate of drug-likeness (QED) is 0.803. The summed E-state index contributed by atoms with van der Waals surface area (Å²) in [5.41, 5.74) is 3.48. The molecular formula is C18H22FNO2. The maximum absolute atomic E-state index is 13.7. The van der Waals surface area contributed by atoms with Crippen molar-refractivity contribution in [2.45, 2.75) is 46.1 Å². The minimum absolute atomic E-state index is 0.101. The van der Waals surface area contributed by atoms with Gasteiger partial charge in [-0.05, 0) is 56.4 Å². The van der Waals surface area contributed by atoms with Crippen LogP contribution >= 0.6 is 0 Å². The van der Waals surface area contributed by atoms with Crippen LogP contribution < -0.4 is 0 Å². The zero-order valence-corrected chi connectivity index (χ0v) is 13.2. The molecule has 1 atom stereocenters. The van der Waals surface area contributed by atoms with Crippen LogP contribution in [0.4, 0.5) is 4.39 Å². The summed E-state index contributed by atoms with van der Waals surface area (Å²) in [5.74, 6) is -0.445. The van der Waals surface area contributed by atoms with Gasteiger partial charge in [0.2, 0.25) is 0 Å².